The molecule has 2 fully saturated rings. The molecule has 1 aliphatic carbocycles. The number of benzene rings is 1. The van der Waals surface area contributed by atoms with Crippen molar-refractivity contribution in [3.63, 3.8) is 0 Å². The van der Waals surface area contributed by atoms with Crippen LogP contribution in [0.1, 0.15) is 19.3 Å². The fourth-order valence-corrected chi connectivity index (χ4v) is 3.36. The van der Waals surface area contributed by atoms with Gasteiger partial charge < -0.3 is 14.5 Å². The fourth-order valence-electron chi connectivity index (χ4n) is 3.36. The van der Waals surface area contributed by atoms with E-state index in [0.717, 1.165) is 30.3 Å². The molecule has 1 amide bonds. The molecule has 2 aliphatic rings. The largest absolute Gasteiger partial charge is 0.423 e. The highest BCUT2D eigenvalue weighted by Gasteiger charge is 2.32. The average Bonchev–Trinajstić information content (AvgIpc) is 3.13. The van der Waals surface area contributed by atoms with E-state index in [1.54, 1.807) is 0 Å². The molecule has 1 aromatic heterocycles. The topological polar surface area (TPSA) is 80.5 Å². The summed E-state index contributed by atoms with van der Waals surface area (Å²) in [6.45, 7) is 2.95. The maximum absolute atomic E-state index is 12.8. The Morgan fingerprint density at radius 1 is 1.36 bits per heavy atom. The van der Waals surface area contributed by atoms with E-state index in [1.165, 1.54) is 25.7 Å². The van der Waals surface area contributed by atoms with Gasteiger partial charge in [0.25, 0.3) is 0 Å². The number of nitrogens with one attached hydrogen (secondary N) is 1. The van der Waals surface area contributed by atoms with Crippen molar-refractivity contribution in [2.45, 2.75) is 25.3 Å². The van der Waals surface area contributed by atoms with Gasteiger partial charge in [-0.3, -0.25) is 9.69 Å². The van der Waals surface area contributed by atoms with Crippen LogP contribution in [0.15, 0.2) is 35.1 Å². The summed E-state index contributed by atoms with van der Waals surface area (Å²) >= 11 is 0. The summed E-state index contributed by atoms with van der Waals surface area (Å²) < 4.78 is 10.8. The summed E-state index contributed by atoms with van der Waals surface area (Å²) in [5.41, 5.74) is 1.50. The number of carbonyl (C=O) groups is 1. The van der Waals surface area contributed by atoms with Crippen LogP contribution >= 0.6 is 0 Å². The van der Waals surface area contributed by atoms with Gasteiger partial charge in [0.15, 0.2) is 0 Å². The molecule has 7 heteroatoms. The highest BCUT2D eigenvalue weighted by Crippen LogP contribution is 2.28. The molecular formula is C18H22N4O3. The second-order valence-electron chi connectivity index (χ2n) is 6.70. The van der Waals surface area contributed by atoms with Gasteiger partial charge in [-0.25, -0.2) is 0 Å². The van der Waals surface area contributed by atoms with E-state index in [2.05, 4.69) is 20.4 Å². The van der Waals surface area contributed by atoms with Gasteiger partial charge >= 0.3 is 0 Å². The van der Waals surface area contributed by atoms with Gasteiger partial charge in [0.05, 0.1) is 13.2 Å². The number of hydrogen-bond donors (Lipinski definition) is 1. The zero-order chi connectivity index (χ0) is 17.1. The van der Waals surface area contributed by atoms with Gasteiger partial charge in [0.2, 0.25) is 18.2 Å². The summed E-state index contributed by atoms with van der Waals surface area (Å²) in [5.74, 6) is 1.14. The van der Waals surface area contributed by atoms with Gasteiger partial charge in [0, 0.05) is 24.3 Å². The maximum Gasteiger partial charge on any atom is 0.247 e. The lowest BCUT2D eigenvalue weighted by Gasteiger charge is -2.39. The van der Waals surface area contributed by atoms with Crippen molar-refractivity contribution in [1.82, 2.24) is 15.1 Å². The van der Waals surface area contributed by atoms with Crippen LogP contribution in [0.3, 0.4) is 0 Å². The minimum absolute atomic E-state index is 0.0262. The second kappa shape index (κ2) is 7.33. The minimum atomic E-state index is -0.235. The molecule has 2 aromatic rings. The van der Waals surface area contributed by atoms with E-state index in [0.29, 0.717) is 19.1 Å². The first-order chi connectivity index (χ1) is 12.3. The van der Waals surface area contributed by atoms with Crippen LogP contribution in [-0.2, 0) is 9.53 Å². The first kappa shape index (κ1) is 16.2. The number of carbonyl (C=O) groups excluding carboxylic acids is 1. The van der Waals surface area contributed by atoms with Crippen molar-refractivity contribution < 1.29 is 13.9 Å². The van der Waals surface area contributed by atoms with Crippen molar-refractivity contribution in [2.24, 2.45) is 5.92 Å². The molecule has 7 nitrogen and oxygen atoms in total. The molecule has 1 aliphatic heterocycles. The fraction of sp³-hybridized carbons (Fsp3) is 0.500. The van der Waals surface area contributed by atoms with Crippen molar-refractivity contribution >= 4 is 11.6 Å². The minimum Gasteiger partial charge on any atom is -0.423 e. The Labute approximate surface area is 146 Å². The lowest BCUT2D eigenvalue weighted by Crippen LogP contribution is -2.53. The van der Waals surface area contributed by atoms with Crippen molar-refractivity contribution in [1.29, 1.82) is 0 Å². The molecule has 1 aromatic carbocycles. The Morgan fingerprint density at radius 3 is 3.04 bits per heavy atom. The number of ether oxygens (including phenoxy) is 1. The van der Waals surface area contributed by atoms with E-state index in [4.69, 9.17) is 9.15 Å². The van der Waals surface area contributed by atoms with Crippen LogP contribution < -0.4 is 5.32 Å². The van der Waals surface area contributed by atoms with Gasteiger partial charge in [-0.15, -0.1) is 10.2 Å². The molecule has 1 unspecified atom stereocenters. The quantitative estimate of drug-likeness (QED) is 0.897. The molecule has 0 bridgehead atoms. The van der Waals surface area contributed by atoms with E-state index < -0.39 is 0 Å². The van der Waals surface area contributed by atoms with Crippen molar-refractivity contribution in [3.8, 4) is 11.5 Å². The Kier molecular flexibility index (Phi) is 4.76. The first-order valence-corrected chi connectivity index (χ1v) is 8.79. The summed E-state index contributed by atoms with van der Waals surface area (Å²) in [4.78, 5) is 15.0. The molecule has 1 saturated carbocycles. The summed E-state index contributed by atoms with van der Waals surface area (Å²) in [6, 6.07) is 7.19. The molecule has 0 radical (unpaired) electrons. The highest BCUT2D eigenvalue weighted by molar-refractivity contribution is 5.95. The number of hydrogen-bond acceptors (Lipinski definition) is 6. The summed E-state index contributed by atoms with van der Waals surface area (Å²) in [6.07, 6.45) is 5.16. The second-order valence-corrected chi connectivity index (χ2v) is 6.70. The molecule has 1 saturated heterocycles. The molecule has 2 heterocycles. The number of morpholine rings is 1. The smallest absolute Gasteiger partial charge is 0.247 e. The van der Waals surface area contributed by atoms with Crippen LogP contribution in [0.5, 0.6) is 0 Å². The number of aromatic nitrogens is 2. The van der Waals surface area contributed by atoms with Crippen LogP contribution in [0, 0.1) is 5.92 Å². The van der Waals surface area contributed by atoms with Crippen molar-refractivity contribution in [2.75, 3.05) is 31.6 Å². The predicted octanol–water partition coefficient (Wildman–Crippen LogP) is 2.18. The van der Waals surface area contributed by atoms with Crippen LogP contribution in [0.2, 0.25) is 0 Å². The monoisotopic (exact) mass is 342 g/mol. The number of rotatable bonds is 5. The third kappa shape index (κ3) is 3.72. The third-order valence-corrected chi connectivity index (χ3v) is 5.00. The number of anilines is 1. The van der Waals surface area contributed by atoms with Crippen LogP contribution in [0.4, 0.5) is 5.69 Å². The molecule has 1 atom stereocenters. The molecule has 1 N–H and O–H groups in total. The van der Waals surface area contributed by atoms with Crippen LogP contribution in [0.25, 0.3) is 11.5 Å². The van der Waals surface area contributed by atoms with Gasteiger partial charge in [-0.05, 0) is 37.0 Å². The number of amides is 1. The van der Waals surface area contributed by atoms with Gasteiger partial charge in [0.1, 0.15) is 6.04 Å². The summed E-state index contributed by atoms with van der Waals surface area (Å²) in [5, 5.41) is 10.6. The Hall–Kier alpha value is -2.25. The molecule has 132 valence electrons. The summed E-state index contributed by atoms with van der Waals surface area (Å²) in [7, 11) is 0. The average molecular weight is 342 g/mol. The molecule has 4 rings (SSSR count). The van der Waals surface area contributed by atoms with Crippen LogP contribution in [-0.4, -0.2) is 53.3 Å². The van der Waals surface area contributed by atoms with E-state index in [9.17, 15) is 4.79 Å². The van der Waals surface area contributed by atoms with Gasteiger partial charge in [-0.1, -0.05) is 12.5 Å². The Balaban J connectivity index is 1.44. The molecular weight excluding hydrogens is 320 g/mol. The molecule has 25 heavy (non-hydrogen) atoms. The number of nitrogens with zero attached hydrogens (tertiary/aromatic N) is 3. The van der Waals surface area contributed by atoms with Gasteiger partial charge in [-0.2, -0.15) is 0 Å². The highest BCUT2D eigenvalue weighted by atomic mass is 16.5. The zero-order valence-electron chi connectivity index (χ0n) is 14.1. The van der Waals surface area contributed by atoms with E-state index in [-0.39, 0.29) is 11.9 Å². The lowest BCUT2D eigenvalue weighted by atomic mass is 9.84. The van der Waals surface area contributed by atoms with E-state index in [1.807, 2.05) is 24.3 Å². The van der Waals surface area contributed by atoms with E-state index >= 15 is 0 Å². The normalized spacial score (nSPS) is 21.7. The third-order valence-electron chi connectivity index (χ3n) is 5.00. The van der Waals surface area contributed by atoms with Crippen molar-refractivity contribution in [3.05, 3.63) is 30.7 Å². The SMILES string of the molecule is O=C(Nc1cccc(-c2nnco2)c1)C1COCCN1CC1CCC1. The maximum atomic E-state index is 12.8. The zero-order valence-corrected chi connectivity index (χ0v) is 14.1. The molecule has 0 spiro atoms. The Morgan fingerprint density at radius 2 is 2.28 bits per heavy atom. The standard InChI is InChI=1S/C18H22N4O3/c23-17(16-11-24-8-7-22(16)10-13-3-1-4-13)20-15-6-2-5-14(9-15)18-21-19-12-25-18/h2,5-6,9,12-13,16H,1,3-4,7-8,10-11H2,(H,20,23). The lowest BCUT2D eigenvalue weighted by molar-refractivity contribution is -0.128. The Bertz CT molecular complexity index is 715. The first-order valence-electron chi connectivity index (χ1n) is 8.79. The predicted molar refractivity (Wildman–Crippen MR) is 91.9 cm³/mol.